The van der Waals surface area contributed by atoms with Crippen molar-refractivity contribution in [1.82, 2.24) is 29.4 Å². The van der Waals surface area contributed by atoms with Gasteiger partial charge < -0.3 is 15.2 Å². The smallest absolute Gasteiger partial charge is 0.276 e. The zero-order valence-corrected chi connectivity index (χ0v) is 15.8. The lowest BCUT2D eigenvalue weighted by Gasteiger charge is -2.53. The monoisotopic (exact) mass is 383 g/mol. The Hall–Kier alpha value is -3.07. The summed E-state index contributed by atoms with van der Waals surface area (Å²) in [6.07, 6.45) is 5.05. The van der Waals surface area contributed by atoms with Gasteiger partial charge in [-0.25, -0.2) is 9.37 Å². The van der Waals surface area contributed by atoms with Crippen LogP contribution in [-0.2, 0) is 6.54 Å². The van der Waals surface area contributed by atoms with Crippen molar-refractivity contribution in [2.45, 2.75) is 26.4 Å². The number of imidazole rings is 1. The van der Waals surface area contributed by atoms with E-state index < -0.39 is 0 Å². The van der Waals surface area contributed by atoms with Crippen LogP contribution < -0.4 is 5.73 Å². The van der Waals surface area contributed by atoms with Gasteiger partial charge in [0.1, 0.15) is 11.6 Å². The molecule has 0 radical (unpaired) electrons. The number of rotatable bonds is 5. The minimum atomic E-state index is -0.325. The number of halogens is 1. The van der Waals surface area contributed by atoms with Crippen LogP contribution in [0.1, 0.15) is 36.2 Å². The molecule has 2 N–H and O–H groups in total. The first-order valence-corrected chi connectivity index (χ1v) is 9.11. The third-order valence-corrected chi connectivity index (χ3v) is 5.01. The van der Waals surface area contributed by atoms with Gasteiger partial charge in [0.15, 0.2) is 5.69 Å². The number of nitrogens with two attached hydrogens (primary N) is 1. The summed E-state index contributed by atoms with van der Waals surface area (Å²) >= 11 is 0. The molecule has 0 aliphatic carbocycles. The predicted molar refractivity (Wildman–Crippen MR) is 100 cm³/mol. The molecule has 3 heterocycles. The summed E-state index contributed by atoms with van der Waals surface area (Å²) in [7, 11) is 0. The Kier molecular flexibility index (Phi) is 4.46. The highest BCUT2D eigenvalue weighted by atomic mass is 19.1. The molecule has 146 valence electrons. The average Bonchev–Trinajstić information content (AvgIpc) is 3.29. The van der Waals surface area contributed by atoms with Crippen molar-refractivity contribution in [3.8, 4) is 5.69 Å². The highest BCUT2D eigenvalue weighted by Gasteiger charge is 2.51. The molecule has 1 aliphatic rings. The Balaban J connectivity index is 1.66. The first-order valence-electron chi connectivity index (χ1n) is 9.11. The number of carbonyl (C=O) groups excluding carboxylic acids is 1. The second-order valence-electron chi connectivity index (χ2n) is 7.62. The van der Waals surface area contributed by atoms with Gasteiger partial charge in [-0.2, -0.15) is 0 Å². The minimum Gasteiger partial charge on any atom is -0.329 e. The summed E-state index contributed by atoms with van der Waals surface area (Å²) in [5.74, 6) is 0.153. The van der Waals surface area contributed by atoms with Gasteiger partial charge in [0.05, 0.1) is 18.8 Å². The van der Waals surface area contributed by atoms with E-state index in [-0.39, 0.29) is 28.9 Å². The van der Waals surface area contributed by atoms with Crippen LogP contribution in [0, 0.1) is 11.2 Å². The van der Waals surface area contributed by atoms with Gasteiger partial charge >= 0.3 is 0 Å². The predicted octanol–water partition coefficient (Wildman–Crippen LogP) is 1.78. The van der Waals surface area contributed by atoms with Crippen molar-refractivity contribution in [3.05, 3.63) is 60.2 Å². The summed E-state index contributed by atoms with van der Waals surface area (Å²) in [6, 6.07) is 6.04. The van der Waals surface area contributed by atoms with E-state index in [4.69, 9.17) is 5.73 Å². The van der Waals surface area contributed by atoms with Crippen molar-refractivity contribution in [3.63, 3.8) is 0 Å². The zero-order chi connectivity index (χ0) is 19.9. The molecular formula is C19H22FN7O. The number of benzene rings is 1. The van der Waals surface area contributed by atoms with Crippen LogP contribution in [0.25, 0.3) is 5.69 Å². The van der Waals surface area contributed by atoms with Crippen molar-refractivity contribution in [1.29, 1.82) is 0 Å². The molecule has 1 amide bonds. The maximum absolute atomic E-state index is 13.7. The van der Waals surface area contributed by atoms with E-state index in [0.717, 1.165) is 0 Å². The first-order chi connectivity index (χ1) is 13.4. The average molecular weight is 383 g/mol. The van der Waals surface area contributed by atoms with E-state index in [9.17, 15) is 9.18 Å². The maximum Gasteiger partial charge on any atom is 0.276 e. The molecule has 1 aromatic carbocycles. The van der Waals surface area contributed by atoms with E-state index in [1.165, 1.54) is 12.1 Å². The number of aromatic nitrogens is 5. The molecule has 0 bridgehead atoms. The highest BCUT2D eigenvalue weighted by molar-refractivity contribution is 5.93. The second-order valence-corrected chi connectivity index (χ2v) is 7.62. The van der Waals surface area contributed by atoms with E-state index >= 15 is 0 Å². The van der Waals surface area contributed by atoms with E-state index in [1.807, 2.05) is 10.6 Å². The molecule has 1 aliphatic heterocycles. The van der Waals surface area contributed by atoms with Crippen LogP contribution in [0.15, 0.2) is 42.9 Å². The number of hydrogen-bond donors (Lipinski definition) is 1. The Morgan fingerprint density at radius 2 is 2.21 bits per heavy atom. The molecule has 1 fully saturated rings. The Morgan fingerprint density at radius 3 is 2.93 bits per heavy atom. The highest BCUT2D eigenvalue weighted by Crippen LogP contribution is 2.48. The number of amides is 1. The van der Waals surface area contributed by atoms with Crippen LogP contribution in [0.3, 0.4) is 0 Å². The second kappa shape index (κ2) is 6.83. The molecule has 1 atom stereocenters. The van der Waals surface area contributed by atoms with E-state index in [2.05, 4.69) is 29.1 Å². The van der Waals surface area contributed by atoms with Gasteiger partial charge in [-0.05, 0) is 18.2 Å². The van der Waals surface area contributed by atoms with Crippen molar-refractivity contribution in [2.24, 2.45) is 11.1 Å². The normalized spacial score (nSPS) is 18.1. The van der Waals surface area contributed by atoms with Crippen LogP contribution in [0.5, 0.6) is 0 Å². The minimum absolute atomic E-state index is 0.181. The molecule has 9 heteroatoms. The van der Waals surface area contributed by atoms with Crippen LogP contribution in [-0.4, -0.2) is 48.4 Å². The molecule has 8 nitrogen and oxygen atoms in total. The zero-order valence-electron chi connectivity index (χ0n) is 15.8. The fourth-order valence-corrected chi connectivity index (χ4v) is 3.75. The van der Waals surface area contributed by atoms with Crippen molar-refractivity contribution >= 4 is 5.91 Å². The largest absolute Gasteiger partial charge is 0.329 e. The Bertz CT molecular complexity index is 1010. The lowest BCUT2D eigenvalue weighted by atomic mass is 9.74. The molecule has 3 aromatic rings. The SMILES string of the molecule is CC1(C)CN(C(=O)c2cn(CCN)nn2)C1c1nccn1-c1cccc(F)c1. The standard InChI is InChI=1S/C19H22FN7O/c1-19(2)12-27(18(28)15-11-25(8-6-21)24-23-15)16(19)17-22-7-9-26(17)14-5-3-4-13(20)10-14/h3-5,7,9-11,16H,6,8,12,21H2,1-2H3. The summed E-state index contributed by atoms with van der Waals surface area (Å²) < 4.78 is 17.1. The Labute approximate surface area is 161 Å². The summed E-state index contributed by atoms with van der Waals surface area (Å²) in [4.78, 5) is 19.2. The molecule has 28 heavy (non-hydrogen) atoms. The number of likely N-dealkylation sites (tertiary alicyclic amines) is 1. The number of nitrogens with zero attached hydrogens (tertiary/aromatic N) is 6. The molecule has 4 rings (SSSR count). The molecule has 0 saturated carbocycles. The fraction of sp³-hybridized carbons (Fsp3) is 0.368. The Morgan fingerprint density at radius 1 is 1.39 bits per heavy atom. The van der Waals surface area contributed by atoms with E-state index in [1.54, 1.807) is 34.2 Å². The topological polar surface area (TPSA) is 94.9 Å². The lowest BCUT2D eigenvalue weighted by molar-refractivity contribution is -0.0373. The van der Waals surface area contributed by atoms with Crippen LogP contribution in [0.2, 0.25) is 0 Å². The molecule has 0 spiro atoms. The third kappa shape index (κ3) is 3.07. The van der Waals surface area contributed by atoms with Crippen molar-refractivity contribution in [2.75, 3.05) is 13.1 Å². The third-order valence-electron chi connectivity index (χ3n) is 5.01. The van der Waals surface area contributed by atoms with Crippen LogP contribution >= 0.6 is 0 Å². The van der Waals surface area contributed by atoms with Gasteiger partial charge in [-0.15, -0.1) is 5.10 Å². The van der Waals surface area contributed by atoms with Gasteiger partial charge in [0.2, 0.25) is 0 Å². The molecule has 2 aromatic heterocycles. The van der Waals surface area contributed by atoms with Crippen molar-refractivity contribution < 1.29 is 9.18 Å². The van der Waals surface area contributed by atoms with Crippen LogP contribution in [0.4, 0.5) is 4.39 Å². The first kappa shape index (κ1) is 18.3. The maximum atomic E-state index is 13.7. The quantitative estimate of drug-likeness (QED) is 0.725. The van der Waals surface area contributed by atoms with Gasteiger partial charge in [-0.3, -0.25) is 9.48 Å². The molecule has 1 unspecified atom stereocenters. The lowest BCUT2D eigenvalue weighted by Crippen LogP contribution is -2.58. The number of carbonyl (C=O) groups is 1. The molecule has 1 saturated heterocycles. The summed E-state index contributed by atoms with van der Waals surface area (Å²) in [6.45, 7) is 5.64. The summed E-state index contributed by atoms with van der Waals surface area (Å²) in [5.41, 5.74) is 6.28. The van der Waals surface area contributed by atoms with Gasteiger partial charge in [0, 0.05) is 36.6 Å². The molecular weight excluding hydrogens is 361 g/mol. The number of hydrogen-bond acceptors (Lipinski definition) is 5. The summed E-state index contributed by atoms with van der Waals surface area (Å²) in [5, 5.41) is 7.93. The van der Waals surface area contributed by atoms with Gasteiger partial charge in [0.25, 0.3) is 5.91 Å². The van der Waals surface area contributed by atoms with Gasteiger partial charge in [-0.1, -0.05) is 25.1 Å². The fourth-order valence-electron chi connectivity index (χ4n) is 3.75. The van der Waals surface area contributed by atoms with E-state index in [0.29, 0.717) is 31.1 Å².